The number of aromatic nitrogens is 6. The third-order valence-corrected chi connectivity index (χ3v) is 7.30. The molecule has 6 rings (SSSR count). The van der Waals surface area contributed by atoms with E-state index < -0.39 is 35.2 Å². The number of rotatable bonds is 8. The van der Waals surface area contributed by atoms with Crippen LogP contribution in [0.15, 0.2) is 85.7 Å². The Hall–Kier alpha value is -6.75. The van der Waals surface area contributed by atoms with Gasteiger partial charge >= 0.3 is 18.4 Å². The van der Waals surface area contributed by atoms with Gasteiger partial charge in [-0.3, -0.25) is 0 Å². The Bertz CT molecular complexity index is 2310. The summed E-state index contributed by atoms with van der Waals surface area (Å²) in [4.78, 5) is 58.4. The molecule has 17 heteroatoms. The molecule has 0 saturated heterocycles. The zero-order valence-electron chi connectivity index (χ0n) is 35.9. The number of amides is 1. The SMILES string of the molecule is CC(C)(C)OC(=O)OC(=O)OC(C)(C)C.CN(Cc1cc(Oc2ccc3[nH]ccc3c2)ncn1)C(=O)OC(C)(C)C.CNCc1cc(Oc2ccc3[nH]ccc3c2)ncn1. The Morgan fingerprint density at radius 2 is 1.07 bits per heavy atom. The van der Waals surface area contributed by atoms with E-state index in [4.69, 9.17) is 23.7 Å². The van der Waals surface area contributed by atoms with Crippen LogP contribution in [0.4, 0.5) is 14.4 Å². The summed E-state index contributed by atoms with van der Waals surface area (Å²) in [5, 5.41) is 5.22. The quantitative estimate of drug-likeness (QED) is 0.0743. The third kappa shape index (κ3) is 16.2. The van der Waals surface area contributed by atoms with Gasteiger partial charge in [-0.1, -0.05) is 0 Å². The highest BCUT2D eigenvalue weighted by molar-refractivity contribution is 5.81. The van der Waals surface area contributed by atoms with Crippen LogP contribution in [0.2, 0.25) is 0 Å². The van der Waals surface area contributed by atoms with Gasteiger partial charge in [0.05, 0.1) is 17.9 Å². The predicted molar refractivity (Wildman–Crippen MR) is 225 cm³/mol. The Kier molecular flexibility index (Phi) is 15.5. The number of hydrogen-bond donors (Lipinski definition) is 3. The lowest BCUT2D eigenvalue weighted by atomic mass is 10.2. The number of H-pyrrole nitrogens is 2. The highest BCUT2D eigenvalue weighted by Crippen LogP contribution is 2.26. The molecule has 0 unspecified atom stereocenters. The lowest BCUT2D eigenvalue weighted by molar-refractivity contribution is -0.0294. The van der Waals surface area contributed by atoms with Crippen LogP contribution in [0.25, 0.3) is 21.8 Å². The summed E-state index contributed by atoms with van der Waals surface area (Å²) in [6.45, 7) is 16.5. The van der Waals surface area contributed by atoms with Crippen molar-refractivity contribution in [3.8, 4) is 23.3 Å². The number of aromatic amines is 2. The highest BCUT2D eigenvalue weighted by Gasteiger charge is 2.24. The summed E-state index contributed by atoms with van der Waals surface area (Å²) < 4.78 is 30.7. The van der Waals surface area contributed by atoms with E-state index in [1.807, 2.05) is 94.8 Å². The number of benzene rings is 2. The fourth-order valence-corrected chi connectivity index (χ4v) is 4.92. The predicted octanol–water partition coefficient (Wildman–Crippen LogP) is 9.46. The zero-order chi connectivity index (χ0) is 44.1. The van der Waals surface area contributed by atoms with Crippen LogP contribution in [-0.4, -0.2) is 84.1 Å². The topological polar surface area (TPSA) is 205 Å². The Balaban J connectivity index is 0.000000208. The summed E-state index contributed by atoms with van der Waals surface area (Å²) in [5.74, 6) is 2.42. The summed E-state index contributed by atoms with van der Waals surface area (Å²) >= 11 is 0. The maximum absolute atomic E-state index is 12.1. The van der Waals surface area contributed by atoms with Gasteiger partial charge in [0.25, 0.3) is 0 Å². The van der Waals surface area contributed by atoms with Crippen LogP contribution >= 0.6 is 0 Å². The van der Waals surface area contributed by atoms with Crippen molar-refractivity contribution in [1.82, 2.24) is 40.1 Å². The lowest BCUT2D eigenvalue weighted by Gasteiger charge is -2.24. The van der Waals surface area contributed by atoms with Crippen molar-refractivity contribution >= 4 is 40.2 Å². The third-order valence-electron chi connectivity index (χ3n) is 7.30. The Labute approximate surface area is 349 Å². The zero-order valence-corrected chi connectivity index (χ0v) is 35.9. The van der Waals surface area contributed by atoms with Crippen molar-refractivity contribution in [2.45, 2.75) is 92.2 Å². The minimum atomic E-state index is -1.06. The molecule has 3 N–H and O–H groups in total. The molecule has 0 bridgehead atoms. The Morgan fingerprint density at radius 1 is 0.617 bits per heavy atom. The van der Waals surface area contributed by atoms with Crippen LogP contribution in [-0.2, 0) is 32.0 Å². The molecule has 0 atom stereocenters. The molecular formula is C43H54N8O9. The molecular weight excluding hydrogens is 773 g/mol. The molecule has 0 fully saturated rings. The molecule has 2 aromatic carbocycles. The molecule has 4 heterocycles. The molecule has 17 nitrogen and oxygen atoms in total. The van der Waals surface area contributed by atoms with E-state index in [2.05, 4.69) is 40.0 Å². The van der Waals surface area contributed by atoms with Gasteiger partial charge in [-0.25, -0.2) is 34.3 Å². The van der Waals surface area contributed by atoms with Crippen molar-refractivity contribution in [2.75, 3.05) is 14.1 Å². The number of ether oxygens (including phenoxy) is 6. The minimum Gasteiger partial charge on any atom is -0.444 e. The lowest BCUT2D eigenvalue weighted by Crippen LogP contribution is -2.34. The van der Waals surface area contributed by atoms with E-state index in [0.29, 0.717) is 36.3 Å². The number of fused-ring (bicyclic) bond motifs is 2. The summed E-state index contributed by atoms with van der Waals surface area (Å²) in [6.07, 6.45) is 4.19. The van der Waals surface area contributed by atoms with E-state index in [0.717, 1.165) is 33.2 Å². The fourth-order valence-electron chi connectivity index (χ4n) is 4.92. The van der Waals surface area contributed by atoms with Crippen molar-refractivity contribution in [2.24, 2.45) is 0 Å². The second-order valence-corrected chi connectivity index (χ2v) is 16.3. The van der Waals surface area contributed by atoms with Crippen LogP contribution in [0.3, 0.4) is 0 Å². The summed E-state index contributed by atoms with van der Waals surface area (Å²) in [7, 11) is 3.54. The van der Waals surface area contributed by atoms with E-state index in [1.54, 1.807) is 54.7 Å². The van der Waals surface area contributed by atoms with Crippen molar-refractivity contribution in [3.63, 3.8) is 0 Å². The molecule has 0 saturated carbocycles. The molecule has 60 heavy (non-hydrogen) atoms. The van der Waals surface area contributed by atoms with Crippen molar-refractivity contribution in [1.29, 1.82) is 0 Å². The largest absolute Gasteiger partial charge is 0.519 e. The molecule has 320 valence electrons. The van der Waals surface area contributed by atoms with Gasteiger partial charge in [0.15, 0.2) is 0 Å². The van der Waals surface area contributed by atoms with E-state index in [-0.39, 0.29) is 0 Å². The van der Waals surface area contributed by atoms with Crippen LogP contribution in [0, 0.1) is 0 Å². The number of nitrogens with one attached hydrogen (secondary N) is 3. The fraction of sp³-hybridized carbons (Fsp3) is 0.372. The van der Waals surface area contributed by atoms with Crippen LogP contribution in [0.5, 0.6) is 23.3 Å². The molecule has 4 aromatic heterocycles. The van der Waals surface area contributed by atoms with E-state index in [1.165, 1.54) is 17.6 Å². The summed E-state index contributed by atoms with van der Waals surface area (Å²) in [6, 6.07) is 19.2. The number of hydrogen-bond acceptors (Lipinski definition) is 14. The summed E-state index contributed by atoms with van der Waals surface area (Å²) in [5.41, 5.74) is 1.76. The first-order chi connectivity index (χ1) is 28.1. The average molecular weight is 827 g/mol. The van der Waals surface area contributed by atoms with Crippen molar-refractivity contribution < 1.29 is 42.8 Å². The van der Waals surface area contributed by atoms with Crippen LogP contribution < -0.4 is 14.8 Å². The van der Waals surface area contributed by atoms with Gasteiger partial charge in [-0.2, -0.15) is 0 Å². The highest BCUT2D eigenvalue weighted by atomic mass is 16.8. The van der Waals surface area contributed by atoms with Crippen molar-refractivity contribution in [3.05, 3.63) is 97.1 Å². The maximum atomic E-state index is 12.1. The van der Waals surface area contributed by atoms with Gasteiger partial charge in [0.2, 0.25) is 11.8 Å². The second kappa shape index (κ2) is 20.3. The first-order valence-electron chi connectivity index (χ1n) is 19.0. The molecule has 0 aliphatic carbocycles. The number of carbonyl (C=O) groups excluding carboxylic acids is 3. The number of carbonyl (C=O) groups is 3. The number of nitrogens with zero attached hydrogens (tertiary/aromatic N) is 5. The molecule has 0 aliphatic heterocycles. The first-order valence-corrected chi connectivity index (χ1v) is 19.0. The van der Waals surface area contributed by atoms with Gasteiger partial charge in [-0.05, 0) is 118 Å². The molecule has 1 amide bonds. The first kappa shape index (κ1) is 45.9. The molecule has 0 radical (unpaired) electrons. The maximum Gasteiger partial charge on any atom is 0.519 e. The standard InChI is InChI=1S/C19H22N4O3.C14H14N4O.C10H18O5/c1-19(2,3)26-18(24)23(4)11-14-10-17(22-12-21-14)25-15-5-6-16-13(9-15)7-8-20-16;1-15-8-11-7-14(18-9-17-11)19-12-2-3-13-10(6-12)4-5-16-13;1-9(2,3)14-7(11)13-8(12)15-10(4,5)6/h5-10,12,20H,11H2,1-4H3;2-7,9,15-16H,8H2,1H3;1-6H3. The van der Waals surface area contributed by atoms with E-state index in [9.17, 15) is 14.4 Å². The smallest absolute Gasteiger partial charge is 0.444 e. The molecule has 6 aromatic rings. The molecule has 0 aliphatic rings. The van der Waals surface area contributed by atoms with Gasteiger partial charge in [-0.15, -0.1) is 0 Å². The molecule has 0 spiro atoms. The monoisotopic (exact) mass is 826 g/mol. The minimum absolute atomic E-state index is 0.296. The second-order valence-electron chi connectivity index (χ2n) is 16.3. The van der Waals surface area contributed by atoms with Gasteiger partial charge in [0, 0.05) is 59.9 Å². The average Bonchev–Trinajstić information content (AvgIpc) is 3.80. The Morgan fingerprint density at radius 3 is 1.52 bits per heavy atom. The van der Waals surface area contributed by atoms with Crippen LogP contribution in [0.1, 0.15) is 73.7 Å². The normalized spacial score (nSPS) is 11.3. The van der Waals surface area contributed by atoms with E-state index >= 15 is 0 Å². The van der Waals surface area contributed by atoms with Gasteiger partial charge in [0.1, 0.15) is 41.0 Å². The van der Waals surface area contributed by atoms with Gasteiger partial charge < -0.3 is 48.6 Å².